The Bertz CT molecular complexity index is 795. The number of amides is 2. The summed E-state index contributed by atoms with van der Waals surface area (Å²) in [6, 6.07) is 8.05. The van der Waals surface area contributed by atoms with E-state index >= 15 is 0 Å². The quantitative estimate of drug-likeness (QED) is 0.747. The zero-order valence-electron chi connectivity index (χ0n) is 16.3. The summed E-state index contributed by atoms with van der Waals surface area (Å²) in [7, 11) is 1.77. The van der Waals surface area contributed by atoms with Crippen LogP contribution in [-0.4, -0.2) is 53.1 Å². The highest BCUT2D eigenvalue weighted by molar-refractivity contribution is 6.30. The van der Waals surface area contributed by atoms with E-state index < -0.39 is 11.0 Å². The Balaban J connectivity index is 1.54. The first-order valence-electron chi connectivity index (χ1n) is 10.5. The summed E-state index contributed by atoms with van der Waals surface area (Å²) in [5, 5.41) is 0.696. The van der Waals surface area contributed by atoms with Gasteiger partial charge in [0.1, 0.15) is 5.60 Å². The first-order chi connectivity index (χ1) is 13.5. The summed E-state index contributed by atoms with van der Waals surface area (Å²) < 4.78 is 5.95. The minimum absolute atomic E-state index is 0.0417. The van der Waals surface area contributed by atoms with Gasteiger partial charge < -0.3 is 14.5 Å². The average Bonchev–Trinajstić information content (AvgIpc) is 3.19. The SMILES string of the molecule is CN1CC2N(C(=O)C3(c4ccc(Cl)cc4)CCCC3)C3CCC2(CC3)OC1=O. The van der Waals surface area contributed by atoms with Crippen LogP contribution in [0.5, 0.6) is 0 Å². The number of hydrogen-bond acceptors (Lipinski definition) is 3. The summed E-state index contributed by atoms with van der Waals surface area (Å²) in [5.74, 6) is 0.234. The first-order valence-corrected chi connectivity index (χ1v) is 10.9. The number of carbonyl (C=O) groups excluding carboxylic acids is 2. The minimum Gasteiger partial charge on any atom is -0.441 e. The van der Waals surface area contributed by atoms with Gasteiger partial charge in [0.25, 0.3) is 0 Å². The topological polar surface area (TPSA) is 49.9 Å². The third-order valence-electron chi connectivity index (χ3n) is 7.68. The third-order valence-corrected chi connectivity index (χ3v) is 7.94. The Morgan fingerprint density at radius 3 is 2.39 bits per heavy atom. The standard InChI is InChI=1S/C22H27ClN2O3/c1-24-14-18-22(28-20(24)27)12-8-17(9-13-22)25(18)19(26)21(10-2-3-11-21)15-4-6-16(23)7-5-15/h4-7,17-18H,2-3,8-14H2,1H3. The monoisotopic (exact) mass is 402 g/mol. The largest absolute Gasteiger partial charge is 0.441 e. The van der Waals surface area contributed by atoms with Crippen LogP contribution in [0.2, 0.25) is 5.02 Å². The molecule has 1 aromatic carbocycles. The molecule has 1 aromatic rings. The molecule has 3 saturated heterocycles. The van der Waals surface area contributed by atoms with Crippen LogP contribution in [0.15, 0.2) is 24.3 Å². The fraction of sp³-hybridized carbons (Fsp3) is 0.636. The fourth-order valence-electron chi connectivity index (χ4n) is 6.15. The molecule has 3 aliphatic heterocycles. The van der Waals surface area contributed by atoms with E-state index in [1.807, 2.05) is 24.3 Å². The van der Waals surface area contributed by atoms with Gasteiger partial charge in [-0.25, -0.2) is 4.79 Å². The molecule has 0 aromatic heterocycles. The van der Waals surface area contributed by atoms with E-state index in [2.05, 4.69) is 4.90 Å². The molecule has 1 unspecified atom stereocenters. The van der Waals surface area contributed by atoms with Crippen molar-refractivity contribution in [1.29, 1.82) is 0 Å². The van der Waals surface area contributed by atoms with Gasteiger partial charge in [-0.3, -0.25) is 4.79 Å². The van der Waals surface area contributed by atoms with Crippen molar-refractivity contribution < 1.29 is 14.3 Å². The van der Waals surface area contributed by atoms with Crippen molar-refractivity contribution in [3.8, 4) is 0 Å². The molecule has 2 saturated carbocycles. The van der Waals surface area contributed by atoms with E-state index in [1.165, 1.54) is 0 Å². The Hall–Kier alpha value is -1.75. The van der Waals surface area contributed by atoms with Gasteiger partial charge in [-0.15, -0.1) is 0 Å². The number of rotatable bonds is 2. The molecule has 5 nitrogen and oxygen atoms in total. The number of carbonyl (C=O) groups is 2. The van der Waals surface area contributed by atoms with Gasteiger partial charge in [-0.1, -0.05) is 36.6 Å². The number of likely N-dealkylation sites (N-methyl/N-ethyl adjacent to an activating group) is 1. The molecule has 2 bridgehead atoms. The lowest BCUT2D eigenvalue weighted by atomic mass is 9.67. The average molecular weight is 403 g/mol. The lowest BCUT2D eigenvalue weighted by Crippen LogP contribution is -2.74. The molecular weight excluding hydrogens is 376 g/mol. The summed E-state index contributed by atoms with van der Waals surface area (Å²) in [6.45, 7) is 0.567. The summed E-state index contributed by atoms with van der Waals surface area (Å²) in [5.41, 5.74) is 0.118. The maximum absolute atomic E-state index is 14.2. The van der Waals surface area contributed by atoms with Gasteiger partial charge in [0.15, 0.2) is 0 Å². The highest BCUT2D eigenvalue weighted by Gasteiger charge is 2.61. The van der Waals surface area contributed by atoms with Crippen LogP contribution < -0.4 is 0 Å². The van der Waals surface area contributed by atoms with Gasteiger partial charge in [0.05, 0.1) is 11.5 Å². The Labute approximate surface area is 171 Å². The highest BCUT2D eigenvalue weighted by Crippen LogP contribution is 2.51. The van der Waals surface area contributed by atoms with Gasteiger partial charge in [0.2, 0.25) is 5.91 Å². The summed E-state index contributed by atoms with van der Waals surface area (Å²) in [6.07, 6.45) is 7.25. The number of benzene rings is 1. The van der Waals surface area contributed by atoms with Crippen LogP contribution in [0.4, 0.5) is 4.79 Å². The molecule has 3 heterocycles. The van der Waals surface area contributed by atoms with Crippen molar-refractivity contribution in [2.24, 2.45) is 0 Å². The Morgan fingerprint density at radius 1 is 1.11 bits per heavy atom. The molecule has 1 atom stereocenters. The molecule has 2 aliphatic carbocycles. The van der Waals surface area contributed by atoms with Gasteiger partial charge >= 0.3 is 6.09 Å². The van der Waals surface area contributed by atoms with Crippen molar-refractivity contribution in [3.05, 3.63) is 34.9 Å². The molecule has 28 heavy (non-hydrogen) atoms. The molecule has 2 amide bonds. The second-order valence-corrected chi connectivity index (χ2v) is 9.51. The molecule has 6 rings (SSSR count). The second kappa shape index (κ2) is 6.38. The van der Waals surface area contributed by atoms with Crippen molar-refractivity contribution >= 4 is 23.6 Å². The van der Waals surface area contributed by atoms with Crippen molar-refractivity contribution in [3.63, 3.8) is 0 Å². The second-order valence-electron chi connectivity index (χ2n) is 9.07. The molecule has 5 fully saturated rings. The predicted octanol–water partition coefficient (Wildman–Crippen LogP) is 4.13. The summed E-state index contributed by atoms with van der Waals surface area (Å²) >= 11 is 6.11. The van der Waals surface area contributed by atoms with Crippen LogP contribution >= 0.6 is 11.6 Å². The van der Waals surface area contributed by atoms with Crippen LogP contribution in [0.25, 0.3) is 0 Å². The lowest BCUT2D eigenvalue weighted by molar-refractivity contribution is -0.190. The Morgan fingerprint density at radius 2 is 1.75 bits per heavy atom. The maximum Gasteiger partial charge on any atom is 0.410 e. The van der Waals surface area contributed by atoms with E-state index in [-0.39, 0.29) is 24.1 Å². The van der Waals surface area contributed by atoms with Crippen LogP contribution in [0, 0.1) is 0 Å². The molecule has 6 heteroatoms. The van der Waals surface area contributed by atoms with E-state index in [4.69, 9.17) is 16.3 Å². The minimum atomic E-state index is -0.492. The molecule has 1 spiro atoms. The number of piperidine rings is 2. The lowest BCUT2D eigenvalue weighted by Gasteiger charge is -2.61. The molecular formula is C22H27ClN2O3. The maximum atomic E-state index is 14.2. The molecule has 5 aliphatic rings. The van der Waals surface area contributed by atoms with Gasteiger partial charge in [0, 0.05) is 24.7 Å². The highest BCUT2D eigenvalue weighted by atomic mass is 35.5. The smallest absolute Gasteiger partial charge is 0.410 e. The van der Waals surface area contributed by atoms with E-state index in [9.17, 15) is 9.59 Å². The zero-order valence-corrected chi connectivity index (χ0v) is 17.1. The number of halogens is 1. The summed E-state index contributed by atoms with van der Waals surface area (Å²) in [4.78, 5) is 30.2. The van der Waals surface area contributed by atoms with Crippen molar-refractivity contribution in [2.75, 3.05) is 13.6 Å². The normalized spacial score (nSPS) is 33.6. The number of nitrogens with zero attached hydrogens (tertiary/aromatic N) is 2. The zero-order chi connectivity index (χ0) is 19.5. The van der Waals surface area contributed by atoms with E-state index in [0.29, 0.717) is 11.6 Å². The first kappa shape index (κ1) is 18.3. The molecule has 0 N–H and O–H groups in total. The third kappa shape index (κ3) is 2.51. The van der Waals surface area contributed by atoms with Crippen molar-refractivity contribution in [2.45, 2.75) is 74.5 Å². The fourth-order valence-corrected chi connectivity index (χ4v) is 6.27. The van der Waals surface area contributed by atoms with Crippen molar-refractivity contribution in [1.82, 2.24) is 9.80 Å². The van der Waals surface area contributed by atoms with Crippen LogP contribution in [0.1, 0.15) is 56.9 Å². The predicted molar refractivity (Wildman–Crippen MR) is 106 cm³/mol. The number of ether oxygens (including phenoxy) is 1. The molecule has 0 radical (unpaired) electrons. The van der Waals surface area contributed by atoms with E-state index in [1.54, 1.807) is 11.9 Å². The van der Waals surface area contributed by atoms with E-state index in [0.717, 1.165) is 56.9 Å². The van der Waals surface area contributed by atoms with Crippen LogP contribution in [0.3, 0.4) is 0 Å². The van der Waals surface area contributed by atoms with Gasteiger partial charge in [-0.05, 0) is 56.2 Å². The molecule has 150 valence electrons. The van der Waals surface area contributed by atoms with Crippen LogP contribution in [-0.2, 0) is 14.9 Å². The van der Waals surface area contributed by atoms with Gasteiger partial charge in [-0.2, -0.15) is 0 Å². The Kier molecular flexibility index (Phi) is 4.17. The number of hydrogen-bond donors (Lipinski definition) is 0. The number of fused-ring (bicyclic) bond motifs is 2.